The minimum atomic E-state index is -1.05. The Kier molecular flexibility index (Phi) is 6.16. The summed E-state index contributed by atoms with van der Waals surface area (Å²) in [5.41, 5.74) is 1.89. The van der Waals surface area contributed by atoms with E-state index in [0.29, 0.717) is 23.5 Å². The van der Waals surface area contributed by atoms with Gasteiger partial charge in [-0.3, -0.25) is 0 Å². The highest BCUT2D eigenvalue weighted by Gasteiger charge is 2.11. The minimum absolute atomic E-state index is 0.0799. The Morgan fingerprint density at radius 1 is 0.893 bits per heavy atom. The summed E-state index contributed by atoms with van der Waals surface area (Å²) in [5.74, 6) is -1.96. The Morgan fingerprint density at radius 2 is 1.64 bits per heavy atom. The SMILES string of the molecule is CCOc1ccc(-c2ccc(C=Cc3ccc(CO)c(F)c3F)cc2)c(F)c1. The summed E-state index contributed by atoms with van der Waals surface area (Å²) in [7, 11) is 0. The Balaban J connectivity index is 1.80. The van der Waals surface area contributed by atoms with Crippen molar-refractivity contribution in [2.45, 2.75) is 13.5 Å². The van der Waals surface area contributed by atoms with E-state index < -0.39 is 18.2 Å². The molecule has 0 radical (unpaired) electrons. The molecule has 3 aromatic rings. The van der Waals surface area contributed by atoms with Crippen molar-refractivity contribution in [3.63, 3.8) is 0 Å². The van der Waals surface area contributed by atoms with Crippen LogP contribution in [0.15, 0.2) is 54.6 Å². The Labute approximate surface area is 161 Å². The average Bonchev–Trinajstić information content (AvgIpc) is 2.70. The van der Waals surface area contributed by atoms with Crippen LogP contribution in [-0.2, 0) is 6.61 Å². The molecule has 3 rings (SSSR count). The number of ether oxygens (including phenoxy) is 1. The van der Waals surface area contributed by atoms with Crippen LogP contribution < -0.4 is 4.74 Å². The number of halogens is 3. The molecule has 0 spiro atoms. The molecule has 0 aliphatic rings. The van der Waals surface area contributed by atoms with Crippen LogP contribution in [0.4, 0.5) is 13.2 Å². The second kappa shape index (κ2) is 8.76. The van der Waals surface area contributed by atoms with E-state index in [1.54, 1.807) is 42.5 Å². The maximum atomic E-state index is 14.3. The summed E-state index contributed by atoms with van der Waals surface area (Å²) in [5, 5.41) is 8.96. The first-order valence-corrected chi connectivity index (χ1v) is 8.82. The summed E-state index contributed by atoms with van der Waals surface area (Å²) in [6, 6.07) is 14.5. The molecular weight excluding hydrogens is 365 g/mol. The fraction of sp³-hybridized carbons (Fsp3) is 0.130. The standard InChI is InChI=1S/C23H19F3O2/c1-2-28-19-11-12-20(21(24)13-19)16-6-3-15(4-7-16)5-8-17-9-10-18(14-27)23(26)22(17)25/h3-13,27H,2,14H2,1H3. The van der Waals surface area contributed by atoms with Gasteiger partial charge in [-0.05, 0) is 30.2 Å². The number of aliphatic hydroxyl groups is 1. The largest absolute Gasteiger partial charge is 0.494 e. The van der Waals surface area contributed by atoms with Gasteiger partial charge in [0.25, 0.3) is 0 Å². The van der Waals surface area contributed by atoms with Crippen LogP contribution in [0.2, 0.25) is 0 Å². The van der Waals surface area contributed by atoms with Crippen LogP contribution in [-0.4, -0.2) is 11.7 Å². The van der Waals surface area contributed by atoms with Crippen molar-refractivity contribution in [3.8, 4) is 16.9 Å². The molecule has 3 aromatic carbocycles. The summed E-state index contributed by atoms with van der Waals surface area (Å²) in [6.07, 6.45) is 3.08. The first-order valence-electron chi connectivity index (χ1n) is 8.82. The van der Waals surface area contributed by atoms with Crippen LogP contribution in [0.1, 0.15) is 23.6 Å². The van der Waals surface area contributed by atoms with Crippen LogP contribution in [0.5, 0.6) is 5.75 Å². The monoisotopic (exact) mass is 384 g/mol. The second-order valence-electron chi connectivity index (χ2n) is 6.13. The normalized spacial score (nSPS) is 11.2. The molecule has 0 bridgehead atoms. The Hall–Kier alpha value is -3.05. The molecule has 0 aliphatic heterocycles. The van der Waals surface area contributed by atoms with Crippen LogP contribution in [0.3, 0.4) is 0 Å². The first kappa shape index (κ1) is 19.7. The van der Waals surface area contributed by atoms with E-state index in [4.69, 9.17) is 9.84 Å². The maximum Gasteiger partial charge on any atom is 0.166 e. The highest BCUT2D eigenvalue weighted by Crippen LogP contribution is 2.27. The van der Waals surface area contributed by atoms with Gasteiger partial charge in [-0.15, -0.1) is 0 Å². The quantitative estimate of drug-likeness (QED) is 0.542. The lowest BCUT2D eigenvalue weighted by atomic mass is 10.0. The highest BCUT2D eigenvalue weighted by molar-refractivity contribution is 5.72. The van der Waals surface area contributed by atoms with E-state index in [2.05, 4.69) is 0 Å². The van der Waals surface area contributed by atoms with Gasteiger partial charge in [0.2, 0.25) is 0 Å². The molecule has 0 aromatic heterocycles. The smallest absolute Gasteiger partial charge is 0.166 e. The molecule has 0 heterocycles. The zero-order valence-corrected chi connectivity index (χ0v) is 15.3. The van der Waals surface area contributed by atoms with Gasteiger partial charge in [0.15, 0.2) is 11.6 Å². The van der Waals surface area contributed by atoms with Gasteiger partial charge < -0.3 is 9.84 Å². The second-order valence-corrected chi connectivity index (χ2v) is 6.13. The first-order chi connectivity index (χ1) is 13.5. The van der Waals surface area contributed by atoms with E-state index in [1.807, 2.05) is 6.92 Å². The molecule has 28 heavy (non-hydrogen) atoms. The Morgan fingerprint density at radius 3 is 2.29 bits per heavy atom. The van der Waals surface area contributed by atoms with E-state index in [1.165, 1.54) is 24.3 Å². The summed E-state index contributed by atoms with van der Waals surface area (Å²) < 4.78 is 47.3. The molecule has 0 atom stereocenters. The molecule has 0 saturated heterocycles. The topological polar surface area (TPSA) is 29.5 Å². The number of rotatable bonds is 6. The van der Waals surface area contributed by atoms with Crippen molar-refractivity contribution in [3.05, 3.63) is 88.7 Å². The third kappa shape index (κ3) is 4.26. The van der Waals surface area contributed by atoms with Crippen molar-refractivity contribution in [2.75, 3.05) is 6.61 Å². The predicted molar refractivity (Wildman–Crippen MR) is 104 cm³/mol. The zero-order chi connectivity index (χ0) is 20.1. The minimum Gasteiger partial charge on any atom is -0.494 e. The van der Waals surface area contributed by atoms with E-state index >= 15 is 0 Å². The lowest BCUT2D eigenvalue weighted by molar-refractivity contribution is 0.273. The van der Waals surface area contributed by atoms with Crippen molar-refractivity contribution in [1.29, 1.82) is 0 Å². The van der Waals surface area contributed by atoms with Gasteiger partial charge in [0.1, 0.15) is 11.6 Å². The number of hydrogen-bond donors (Lipinski definition) is 1. The van der Waals surface area contributed by atoms with Crippen molar-refractivity contribution in [2.24, 2.45) is 0 Å². The molecule has 5 heteroatoms. The fourth-order valence-electron chi connectivity index (χ4n) is 2.80. The van der Waals surface area contributed by atoms with Gasteiger partial charge in [-0.1, -0.05) is 48.6 Å². The molecular formula is C23H19F3O2. The van der Waals surface area contributed by atoms with Crippen molar-refractivity contribution in [1.82, 2.24) is 0 Å². The number of benzene rings is 3. The molecule has 2 nitrogen and oxygen atoms in total. The van der Waals surface area contributed by atoms with E-state index in [0.717, 1.165) is 5.56 Å². The molecule has 1 N–H and O–H groups in total. The fourth-order valence-corrected chi connectivity index (χ4v) is 2.80. The molecule has 0 amide bonds. The number of hydrogen-bond acceptors (Lipinski definition) is 2. The third-order valence-corrected chi connectivity index (χ3v) is 4.29. The zero-order valence-electron chi connectivity index (χ0n) is 15.3. The Bertz CT molecular complexity index is 995. The maximum absolute atomic E-state index is 14.3. The predicted octanol–water partition coefficient (Wildman–Crippen LogP) is 5.83. The molecule has 0 fully saturated rings. The summed E-state index contributed by atoms with van der Waals surface area (Å²) in [6.45, 7) is 1.74. The van der Waals surface area contributed by atoms with Gasteiger partial charge in [0, 0.05) is 22.8 Å². The average molecular weight is 384 g/mol. The van der Waals surface area contributed by atoms with Crippen molar-refractivity contribution < 1.29 is 23.0 Å². The van der Waals surface area contributed by atoms with Gasteiger partial charge in [-0.2, -0.15) is 0 Å². The van der Waals surface area contributed by atoms with Crippen LogP contribution in [0.25, 0.3) is 23.3 Å². The lowest BCUT2D eigenvalue weighted by Crippen LogP contribution is -1.96. The van der Waals surface area contributed by atoms with Gasteiger partial charge >= 0.3 is 0 Å². The van der Waals surface area contributed by atoms with Crippen LogP contribution >= 0.6 is 0 Å². The number of aliphatic hydroxyl groups excluding tert-OH is 1. The van der Waals surface area contributed by atoms with E-state index in [-0.39, 0.29) is 16.9 Å². The van der Waals surface area contributed by atoms with Crippen LogP contribution in [0, 0.1) is 17.5 Å². The van der Waals surface area contributed by atoms with E-state index in [9.17, 15) is 13.2 Å². The van der Waals surface area contributed by atoms with Gasteiger partial charge in [0.05, 0.1) is 13.2 Å². The van der Waals surface area contributed by atoms with Gasteiger partial charge in [-0.25, -0.2) is 13.2 Å². The third-order valence-electron chi connectivity index (χ3n) is 4.29. The van der Waals surface area contributed by atoms with Crippen molar-refractivity contribution >= 4 is 12.2 Å². The molecule has 0 saturated carbocycles. The molecule has 144 valence electrons. The lowest BCUT2D eigenvalue weighted by Gasteiger charge is -2.07. The summed E-state index contributed by atoms with van der Waals surface area (Å²) >= 11 is 0. The molecule has 0 aliphatic carbocycles. The molecule has 0 unspecified atom stereocenters. The summed E-state index contributed by atoms with van der Waals surface area (Å²) in [4.78, 5) is 0. The highest BCUT2D eigenvalue weighted by atomic mass is 19.2.